The molecule has 0 spiro atoms. The van der Waals surface area contributed by atoms with Gasteiger partial charge in [0.1, 0.15) is 5.01 Å². The first-order chi connectivity index (χ1) is 9.94. The predicted molar refractivity (Wildman–Crippen MR) is 87.3 cm³/mol. The number of nitrogens with one attached hydrogen (secondary N) is 2. The van der Waals surface area contributed by atoms with Crippen molar-refractivity contribution in [1.29, 1.82) is 0 Å². The van der Waals surface area contributed by atoms with E-state index in [1.165, 1.54) is 22.7 Å². The molecule has 0 aliphatic rings. The van der Waals surface area contributed by atoms with Gasteiger partial charge in [-0.1, -0.05) is 6.92 Å². The van der Waals surface area contributed by atoms with Gasteiger partial charge in [-0.05, 0) is 31.8 Å². The lowest BCUT2D eigenvalue weighted by Gasteiger charge is -2.12. The summed E-state index contributed by atoms with van der Waals surface area (Å²) < 4.78 is 27.7. The summed E-state index contributed by atoms with van der Waals surface area (Å²) in [6, 6.07) is 1.32. The van der Waals surface area contributed by atoms with E-state index in [1.807, 2.05) is 20.8 Å². The molecule has 8 heteroatoms. The second-order valence-electron chi connectivity index (χ2n) is 4.64. The number of nitrogens with zero attached hydrogens (tertiary/aromatic N) is 1. The van der Waals surface area contributed by atoms with Gasteiger partial charge in [-0.15, -0.1) is 22.7 Å². The fourth-order valence-electron chi connectivity index (χ4n) is 1.85. The van der Waals surface area contributed by atoms with Crippen molar-refractivity contribution >= 4 is 32.7 Å². The fraction of sp³-hybridized carbons (Fsp3) is 0.462. The van der Waals surface area contributed by atoms with Crippen molar-refractivity contribution in [3.05, 3.63) is 32.4 Å². The molecule has 5 nitrogen and oxygen atoms in total. The molecule has 2 aromatic heterocycles. The molecule has 0 radical (unpaired) electrons. The van der Waals surface area contributed by atoms with E-state index in [2.05, 4.69) is 15.0 Å². The zero-order chi connectivity index (χ0) is 15.5. The van der Waals surface area contributed by atoms with Crippen LogP contribution in [0.1, 0.15) is 34.7 Å². The highest BCUT2D eigenvalue weighted by atomic mass is 32.2. The Labute approximate surface area is 133 Å². The summed E-state index contributed by atoms with van der Waals surface area (Å²) >= 11 is 2.95. The molecule has 2 aromatic rings. The summed E-state index contributed by atoms with van der Waals surface area (Å²) in [6.45, 7) is 7.13. The molecule has 0 amide bonds. The molecule has 116 valence electrons. The maximum atomic E-state index is 12.5. The van der Waals surface area contributed by atoms with Gasteiger partial charge in [-0.2, -0.15) is 0 Å². The van der Waals surface area contributed by atoms with E-state index in [0.29, 0.717) is 11.4 Å². The Morgan fingerprint density at radius 2 is 2.19 bits per heavy atom. The van der Waals surface area contributed by atoms with Crippen molar-refractivity contribution in [2.75, 3.05) is 6.54 Å². The molecular weight excluding hydrogens is 326 g/mol. The summed E-state index contributed by atoms with van der Waals surface area (Å²) in [6.07, 6.45) is 1.76. The van der Waals surface area contributed by atoms with E-state index < -0.39 is 10.0 Å². The van der Waals surface area contributed by atoms with Crippen molar-refractivity contribution in [1.82, 2.24) is 15.0 Å². The van der Waals surface area contributed by atoms with Crippen molar-refractivity contribution in [3.63, 3.8) is 0 Å². The average molecular weight is 346 g/mol. The summed E-state index contributed by atoms with van der Waals surface area (Å²) in [5, 5.41) is 5.74. The average Bonchev–Trinajstić information content (AvgIpc) is 3.04. The predicted octanol–water partition coefficient (Wildman–Crippen LogP) is 2.66. The maximum absolute atomic E-state index is 12.5. The molecule has 2 N–H and O–H groups in total. The minimum atomic E-state index is -3.53. The Hall–Kier alpha value is -0.800. The molecule has 0 fully saturated rings. The highest BCUT2D eigenvalue weighted by Crippen LogP contribution is 2.25. The fourth-order valence-corrected chi connectivity index (χ4v) is 5.33. The van der Waals surface area contributed by atoms with E-state index in [-0.39, 0.29) is 6.04 Å². The molecule has 2 heterocycles. The lowest BCUT2D eigenvalue weighted by atomic mass is 10.4. The van der Waals surface area contributed by atoms with Crippen LogP contribution in [0.15, 0.2) is 22.5 Å². The molecule has 1 unspecified atom stereocenters. The lowest BCUT2D eigenvalue weighted by Crippen LogP contribution is -2.27. The third kappa shape index (κ3) is 4.10. The number of thiazole rings is 1. The van der Waals surface area contributed by atoms with E-state index >= 15 is 0 Å². The highest BCUT2D eigenvalue weighted by Gasteiger charge is 2.23. The summed E-state index contributed by atoms with van der Waals surface area (Å²) in [5.41, 5.74) is 0. The van der Waals surface area contributed by atoms with Crippen molar-refractivity contribution in [3.8, 4) is 0 Å². The number of hydrogen-bond acceptors (Lipinski definition) is 6. The van der Waals surface area contributed by atoms with Gasteiger partial charge in [0, 0.05) is 22.5 Å². The molecule has 0 aliphatic heterocycles. The van der Waals surface area contributed by atoms with Gasteiger partial charge in [-0.3, -0.25) is 0 Å². The number of sulfonamides is 1. The molecule has 0 aliphatic carbocycles. The van der Waals surface area contributed by atoms with Crippen LogP contribution >= 0.6 is 22.7 Å². The monoisotopic (exact) mass is 345 g/mol. The quantitative estimate of drug-likeness (QED) is 0.809. The Morgan fingerprint density at radius 1 is 1.43 bits per heavy atom. The van der Waals surface area contributed by atoms with Crippen molar-refractivity contribution in [2.45, 2.75) is 38.3 Å². The van der Waals surface area contributed by atoms with Crippen molar-refractivity contribution < 1.29 is 8.42 Å². The van der Waals surface area contributed by atoms with Crippen LogP contribution in [0, 0.1) is 6.92 Å². The van der Waals surface area contributed by atoms with Crippen LogP contribution in [0.3, 0.4) is 0 Å². The third-order valence-corrected chi connectivity index (χ3v) is 6.64. The molecule has 2 rings (SSSR count). The number of hydrogen-bond donors (Lipinski definition) is 2. The zero-order valence-electron chi connectivity index (χ0n) is 12.2. The molecule has 1 atom stereocenters. The highest BCUT2D eigenvalue weighted by molar-refractivity contribution is 7.89. The first kappa shape index (κ1) is 16.6. The Balaban J connectivity index is 2.16. The summed E-state index contributed by atoms with van der Waals surface area (Å²) in [4.78, 5) is 6.48. The molecular formula is C13H19N3O2S3. The minimum absolute atomic E-state index is 0.333. The Bertz CT molecular complexity index is 691. The maximum Gasteiger partial charge on any atom is 0.242 e. The SMILES string of the molecule is CCNCc1sccc1S(=O)(=O)NC(C)c1ncc(C)s1. The third-order valence-electron chi connectivity index (χ3n) is 2.87. The minimum Gasteiger partial charge on any atom is -0.312 e. The molecule has 0 saturated heterocycles. The Morgan fingerprint density at radius 3 is 2.81 bits per heavy atom. The first-order valence-electron chi connectivity index (χ1n) is 6.65. The van der Waals surface area contributed by atoms with Crippen LogP contribution in [-0.2, 0) is 16.6 Å². The summed E-state index contributed by atoms with van der Waals surface area (Å²) in [7, 11) is -3.53. The lowest BCUT2D eigenvalue weighted by molar-refractivity contribution is 0.565. The van der Waals surface area contributed by atoms with E-state index in [1.54, 1.807) is 17.6 Å². The topological polar surface area (TPSA) is 71.1 Å². The zero-order valence-corrected chi connectivity index (χ0v) is 14.7. The van der Waals surface area contributed by atoms with Gasteiger partial charge in [0.25, 0.3) is 0 Å². The van der Waals surface area contributed by atoms with Crippen LogP contribution in [0.4, 0.5) is 0 Å². The van der Waals surface area contributed by atoms with Gasteiger partial charge in [0.2, 0.25) is 10.0 Å². The van der Waals surface area contributed by atoms with Gasteiger partial charge in [-0.25, -0.2) is 18.1 Å². The molecule has 0 bridgehead atoms. The number of aryl methyl sites for hydroxylation is 1. The van der Waals surface area contributed by atoms with E-state index in [9.17, 15) is 8.42 Å². The standard InChI is InChI=1S/C13H19N3O2S3/c1-4-14-8-11-12(5-6-19-11)21(17,18)16-10(3)13-15-7-9(2)20-13/h5-7,10,14,16H,4,8H2,1-3H3. The first-order valence-corrected chi connectivity index (χ1v) is 9.83. The van der Waals surface area contributed by atoms with Crippen molar-refractivity contribution in [2.24, 2.45) is 0 Å². The van der Waals surface area contributed by atoms with Crippen LogP contribution in [0.2, 0.25) is 0 Å². The van der Waals surface area contributed by atoms with E-state index in [0.717, 1.165) is 21.3 Å². The van der Waals surface area contributed by atoms with Gasteiger partial charge in [0.05, 0.1) is 10.9 Å². The smallest absolute Gasteiger partial charge is 0.242 e. The number of aromatic nitrogens is 1. The Kier molecular flexibility index (Phi) is 5.50. The van der Waals surface area contributed by atoms with Gasteiger partial charge in [0.15, 0.2) is 0 Å². The molecule has 0 aromatic carbocycles. The number of thiophene rings is 1. The van der Waals surface area contributed by atoms with Crippen LogP contribution < -0.4 is 10.0 Å². The van der Waals surface area contributed by atoms with Gasteiger partial charge < -0.3 is 5.32 Å². The molecule has 21 heavy (non-hydrogen) atoms. The normalized spacial score (nSPS) is 13.5. The van der Waals surface area contributed by atoms with Crippen LogP contribution in [-0.4, -0.2) is 19.9 Å². The second-order valence-corrected chi connectivity index (χ2v) is 8.59. The molecule has 0 saturated carbocycles. The van der Waals surface area contributed by atoms with E-state index in [4.69, 9.17) is 0 Å². The van der Waals surface area contributed by atoms with Crippen LogP contribution in [0.5, 0.6) is 0 Å². The van der Waals surface area contributed by atoms with Crippen LogP contribution in [0.25, 0.3) is 0 Å². The summed E-state index contributed by atoms with van der Waals surface area (Å²) in [5.74, 6) is 0. The van der Waals surface area contributed by atoms with Gasteiger partial charge >= 0.3 is 0 Å². The largest absolute Gasteiger partial charge is 0.312 e. The number of rotatable bonds is 7. The second kappa shape index (κ2) is 6.97.